The van der Waals surface area contributed by atoms with Gasteiger partial charge in [0.25, 0.3) is 5.91 Å². The van der Waals surface area contributed by atoms with Gasteiger partial charge in [0, 0.05) is 12.6 Å². The fraction of sp³-hybridized carbons (Fsp3) is 0.562. The van der Waals surface area contributed by atoms with Gasteiger partial charge in [-0.15, -0.1) is 0 Å². The number of hydrogen-bond acceptors (Lipinski definition) is 4. The molecule has 21 heavy (non-hydrogen) atoms. The van der Waals surface area contributed by atoms with E-state index in [0.29, 0.717) is 17.8 Å². The number of benzene rings is 1. The number of amides is 1. The second-order valence-corrected chi connectivity index (χ2v) is 5.71. The lowest BCUT2D eigenvalue weighted by atomic mass is 9.93. The molecule has 1 aromatic rings. The quantitative estimate of drug-likeness (QED) is 0.573. The number of aliphatic hydroxyl groups is 1. The molecule has 0 heterocycles. The molecule has 1 aliphatic carbocycles. The Balaban J connectivity index is 2.27. The molecule has 0 radical (unpaired) electrons. The summed E-state index contributed by atoms with van der Waals surface area (Å²) in [5.41, 5.74) is 4.82. The lowest BCUT2D eigenvalue weighted by Crippen LogP contribution is -2.43. The van der Waals surface area contributed by atoms with Gasteiger partial charge in [-0.3, -0.25) is 10.6 Å². The van der Waals surface area contributed by atoms with Gasteiger partial charge >= 0.3 is 0 Å². The van der Waals surface area contributed by atoms with Gasteiger partial charge in [-0.1, -0.05) is 30.9 Å². The van der Waals surface area contributed by atoms with E-state index in [1.165, 1.54) is 6.42 Å². The predicted octanol–water partition coefficient (Wildman–Crippen LogP) is 2.05. The van der Waals surface area contributed by atoms with E-state index >= 15 is 0 Å². The minimum atomic E-state index is -0.0485. The van der Waals surface area contributed by atoms with Crippen molar-refractivity contribution < 1.29 is 9.90 Å². The first kappa shape index (κ1) is 15.8. The van der Waals surface area contributed by atoms with Crippen molar-refractivity contribution in [1.29, 1.82) is 0 Å². The van der Waals surface area contributed by atoms with Crippen molar-refractivity contribution in [2.24, 2.45) is 5.84 Å². The number of carbonyl (C=O) groups is 1. The van der Waals surface area contributed by atoms with E-state index in [9.17, 15) is 9.90 Å². The highest BCUT2D eigenvalue weighted by Crippen LogP contribution is 2.26. The summed E-state index contributed by atoms with van der Waals surface area (Å²) in [5.74, 6) is 5.47. The maximum atomic E-state index is 12.9. The molecule has 116 valence electrons. The summed E-state index contributed by atoms with van der Waals surface area (Å²) in [6.07, 6.45) is 5.56. The highest BCUT2D eigenvalue weighted by atomic mass is 16.3. The summed E-state index contributed by atoms with van der Waals surface area (Å²) in [4.78, 5) is 14.7. The average molecular weight is 291 g/mol. The van der Waals surface area contributed by atoms with Gasteiger partial charge in [0.2, 0.25) is 0 Å². The molecule has 0 atom stereocenters. The van der Waals surface area contributed by atoms with E-state index < -0.39 is 0 Å². The number of aryl methyl sites for hydroxylation is 1. The number of aliphatic hydroxyl groups excluding tert-OH is 1. The van der Waals surface area contributed by atoms with Crippen LogP contribution in [0.25, 0.3) is 0 Å². The molecule has 2 rings (SSSR count). The van der Waals surface area contributed by atoms with Crippen LogP contribution in [0, 0.1) is 6.92 Å². The van der Waals surface area contributed by atoms with Gasteiger partial charge in [0.1, 0.15) is 0 Å². The Labute approximate surface area is 126 Å². The molecular formula is C16H25N3O2. The van der Waals surface area contributed by atoms with Crippen LogP contribution in [0.3, 0.4) is 0 Å². The zero-order chi connectivity index (χ0) is 15.2. The Bertz CT molecular complexity index is 484. The Morgan fingerprint density at radius 2 is 2.10 bits per heavy atom. The maximum absolute atomic E-state index is 12.9. The molecule has 0 unspecified atom stereocenters. The predicted molar refractivity (Wildman–Crippen MR) is 84.0 cm³/mol. The summed E-state index contributed by atoms with van der Waals surface area (Å²) in [6.45, 7) is 2.31. The van der Waals surface area contributed by atoms with Crippen molar-refractivity contribution in [2.75, 3.05) is 18.6 Å². The van der Waals surface area contributed by atoms with E-state index in [1.54, 1.807) is 0 Å². The van der Waals surface area contributed by atoms with Crippen LogP contribution in [-0.4, -0.2) is 35.1 Å². The molecule has 1 saturated carbocycles. The number of nitrogen functional groups attached to an aromatic ring is 1. The van der Waals surface area contributed by atoms with Crippen LogP contribution in [-0.2, 0) is 0 Å². The van der Waals surface area contributed by atoms with E-state index in [2.05, 4.69) is 5.43 Å². The van der Waals surface area contributed by atoms with Crippen LogP contribution in [0.4, 0.5) is 5.69 Å². The summed E-state index contributed by atoms with van der Waals surface area (Å²) in [5, 5.41) is 9.31. The third-order valence-corrected chi connectivity index (χ3v) is 4.18. The number of nitrogens with two attached hydrogens (primary N) is 1. The second kappa shape index (κ2) is 7.43. The molecule has 0 bridgehead atoms. The second-order valence-electron chi connectivity index (χ2n) is 5.71. The summed E-state index contributed by atoms with van der Waals surface area (Å²) >= 11 is 0. The topological polar surface area (TPSA) is 78.6 Å². The van der Waals surface area contributed by atoms with Gasteiger partial charge in [-0.05, 0) is 31.9 Å². The van der Waals surface area contributed by atoms with Crippen molar-refractivity contribution >= 4 is 11.6 Å². The number of rotatable bonds is 5. The van der Waals surface area contributed by atoms with Crippen molar-refractivity contribution in [3.8, 4) is 0 Å². The fourth-order valence-electron chi connectivity index (χ4n) is 3.07. The van der Waals surface area contributed by atoms with Crippen molar-refractivity contribution in [1.82, 2.24) is 4.90 Å². The summed E-state index contributed by atoms with van der Waals surface area (Å²) in [7, 11) is 0. The number of nitrogens with zero attached hydrogens (tertiary/aromatic N) is 1. The summed E-state index contributed by atoms with van der Waals surface area (Å²) < 4.78 is 0. The first-order valence-electron chi connectivity index (χ1n) is 7.66. The van der Waals surface area contributed by atoms with Gasteiger partial charge in [0.05, 0.1) is 17.9 Å². The normalized spacial score (nSPS) is 15.8. The smallest absolute Gasteiger partial charge is 0.256 e. The minimum absolute atomic E-state index is 0.0144. The van der Waals surface area contributed by atoms with Crippen LogP contribution in [0.1, 0.15) is 48.0 Å². The van der Waals surface area contributed by atoms with Crippen LogP contribution < -0.4 is 11.3 Å². The van der Waals surface area contributed by atoms with E-state index in [4.69, 9.17) is 5.84 Å². The third-order valence-electron chi connectivity index (χ3n) is 4.18. The Hall–Kier alpha value is -1.59. The molecule has 1 fully saturated rings. The van der Waals surface area contributed by atoms with Crippen molar-refractivity contribution in [3.63, 3.8) is 0 Å². The van der Waals surface area contributed by atoms with Crippen LogP contribution >= 0.6 is 0 Å². The molecule has 5 heteroatoms. The highest BCUT2D eigenvalue weighted by Gasteiger charge is 2.27. The minimum Gasteiger partial charge on any atom is -0.395 e. The molecule has 1 aliphatic rings. The van der Waals surface area contributed by atoms with E-state index in [0.717, 1.165) is 31.2 Å². The van der Waals surface area contributed by atoms with Crippen LogP contribution in [0.2, 0.25) is 0 Å². The maximum Gasteiger partial charge on any atom is 0.256 e. The van der Waals surface area contributed by atoms with Gasteiger partial charge in [-0.2, -0.15) is 0 Å². The molecule has 1 aromatic carbocycles. The van der Waals surface area contributed by atoms with Crippen LogP contribution in [0.5, 0.6) is 0 Å². The Morgan fingerprint density at radius 3 is 2.71 bits per heavy atom. The van der Waals surface area contributed by atoms with Crippen molar-refractivity contribution in [3.05, 3.63) is 29.3 Å². The third kappa shape index (κ3) is 3.74. The van der Waals surface area contributed by atoms with Crippen LogP contribution in [0.15, 0.2) is 18.2 Å². The lowest BCUT2D eigenvalue weighted by molar-refractivity contribution is 0.0586. The largest absolute Gasteiger partial charge is 0.395 e. The summed E-state index contributed by atoms with van der Waals surface area (Å²) in [6, 6.07) is 5.82. The molecule has 1 amide bonds. The molecular weight excluding hydrogens is 266 g/mol. The first-order valence-corrected chi connectivity index (χ1v) is 7.66. The molecule has 0 spiro atoms. The monoisotopic (exact) mass is 291 g/mol. The Morgan fingerprint density at radius 1 is 1.38 bits per heavy atom. The first-order chi connectivity index (χ1) is 10.2. The van der Waals surface area contributed by atoms with Gasteiger partial charge < -0.3 is 15.4 Å². The number of hydrogen-bond donors (Lipinski definition) is 3. The average Bonchev–Trinajstić information content (AvgIpc) is 2.52. The highest BCUT2D eigenvalue weighted by molar-refractivity contribution is 6.00. The zero-order valence-electron chi connectivity index (χ0n) is 12.6. The van der Waals surface area contributed by atoms with Gasteiger partial charge in [0.15, 0.2) is 0 Å². The molecule has 5 nitrogen and oxygen atoms in total. The van der Waals surface area contributed by atoms with Crippen molar-refractivity contribution in [2.45, 2.75) is 45.1 Å². The number of anilines is 1. The lowest BCUT2D eigenvalue weighted by Gasteiger charge is -2.34. The standard InChI is InChI=1S/C16H25N3O2/c1-12-7-8-15(18-17)14(11-12)16(21)19(9-10-20)13-5-3-2-4-6-13/h7-8,11,13,18,20H,2-6,9-10,17H2,1H3. The zero-order valence-corrected chi connectivity index (χ0v) is 12.6. The molecule has 0 saturated heterocycles. The molecule has 0 aliphatic heterocycles. The number of nitrogens with one attached hydrogen (secondary N) is 1. The number of carbonyl (C=O) groups excluding carboxylic acids is 1. The van der Waals surface area contributed by atoms with Gasteiger partial charge in [-0.25, -0.2) is 0 Å². The van der Waals surface area contributed by atoms with E-state index in [1.807, 2.05) is 30.0 Å². The fourth-order valence-corrected chi connectivity index (χ4v) is 3.07. The molecule has 0 aromatic heterocycles. The number of hydrazine groups is 1. The SMILES string of the molecule is Cc1ccc(NN)c(C(=O)N(CCO)C2CCCCC2)c1. The van der Waals surface area contributed by atoms with E-state index in [-0.39, 0.29) is 18.6 Å². The molecule has 4 N–H and O–H groups in total. The Kier molecular flexibility index (Phi) is 5.59.